The van der Waals surface area contributed by atoms with E-state index in [1.54, 1.807) is 31.2 Å². The average molecular weight is 500 g/mol. The highest BCUT2D eigenvalue weighted by Crippen LogP contribution is 2.41. The van der Waals surface area contributed by atoms with E-state index in [1.807, 2.05) is 43.3 Å². The molecule has 8 nitrogen and oxygen atoms in total. The number of carboxylic acids is 1. The normalized spacial score (nSPS) is 18.6. The van der Waals surface area contributed by atoms with E-state index >= 15 is 0 Å². The predicted molar refractivity (Wildman–Crippen MR) is 135 cm³/mol. The van der Waals surface area contributed by atoms with Gasteiger partial charge in [0.2, 0.25) is 5.91 Å². The fourth-order valence-corrected chi connectivity index (χ4v) is 5.70. The van der Waals surface area contributed by atoms with Gasteiger partial charge < -0.3 is 20.1 Å². The van der Waals surface area contributed by atoms with Crippen molar-refractivity contribution < 1.29 is 24.2 Å². The Labute approximate surface area is 205 Å². The number of aliphatic carboxylic acids is 1. The lowest BCUT2D eigenvalue weighted by Crippen LogP contribution is -2.73. The first kappa shape index (κ1) is 25.4. The quantitative estimate of drug-likeness (QED) is 0.168. The number of benzene rings is 2. The molecule has 3 atom stereocenters. The summed E-state index contributed by atoms with van der Waals surface area (Å²) in [7, 11) is 2.57. The van der Waals surface area contributed by atoms with Crippen LogP contribution in [0.2, 0.25) is 0 Å². The molecule has 0 radical (unpaired) electrons. The molecule has 178 valence electrons. The second-order valence-corrected chi connectivity index (χ2v) is 10.0. The molecule has 1 fully saturated rings. The Balaban J connectivity index is 1.69. The number of hydrogen-bond donors (Lipinski definition) is 2. The summed E-state index contributed by atoms with van der Waals surface area (Å²) in [6, 6.07) is 16.1. The van der Waals surface area contributed by atoms with Gasteiger partial charge in [-0.25, -0.2) is 9.79 Å². The summed E-state index contributed by atoms with van der Waals surface area (Å²) in [5.74, 6) is -1.61. The van der Waals surface area contributed by atoms with Gasteiger partial charge >= 0.3 is 5.97 Å². The summed E-state index contributed by atoms with van der Waals surface area (Å²) in [4.78, 5) is 42.9. The molecule has 1 heterocycles. The number of nitrogens with one attached hydrogen (secondary N) is 1. The van der Waals surface area contributed by atoms with Crippen molar-refractivity contribution in [1.82, 2.24) is 10.2 Å². The number of hydrogen-bond acceptors (Lipinski definition) is 7. The Hall–Kier alpha value is -3.24. The van der Waals surface area contributed by atoms with Crippen LogP contribution in [0.5, 0.6) is 5.75 Å². The summed E-state index contributed by atoms with van der Waals surface area (Å²) in [5.41, 5.74) is 1.10. The molecule has 3 unspecified atom stereocenters. The van der Waals surface area contributed by atoms with Crippen LogP contribution in [0.1, 0.15) is 13.8 Å². The van der Waals surface area contributed by atoms with Crippen molar-refractivity contribution in [2.45, 2.75) is 31.3 Å². The molecular weight excluding hydrogens is 474 g/mol. The molecule has 0 bridgehead atoms. The average Bonchev–Trinajstić information content (AvgIpc) is 2.81. The zero-order chi connectivity index (χ0) is 24.7. The van der Waals surface area contributed by atoms with Crippen molar-refractivity contribution in [3.8, 4) is 5.75 Å². The van der Waals surface area contributed by atoms with E-state index in [2.05, 4.69) is 16.9 Å². The van der Waals surface area contributed by atoms with Crippen molar-refractivity contribution >= 4 is 50.1 Å². The molecule has 2 aromatic carbocycles. The Kier molecular flexibility index (Phi) is 8.78. The maximum atomic E-state index is 12.9. The molecule has 0 aliphatic carbocycles. The Bertz CT molecular complexity index is 1060. The van der Waals surface area contributed by atoms with E-state index in [0.29, 0.717) is 11.3 Å². The smallest absolute Gasteiger partial charge is 0.330 e. The first-order valence-electron chi connectivity index (χ1n) is 10.4. The molecule has 2 N–H and O–H groups in total. The molecule has 0 aromatic heterocycles. The Morgan fingerprint density at radius 3 is 2.35 bits per heavy atom. The number of likely N-dealkylation sites (tertiary alicyclic amines) is 1. The predicted octanol–water partition coefficient (Wildman–Crippen LogP) is 3.88. The minimum absolute atomic E-state index is 0.268. The molecule has 3 rings (SSSR count). The summed E-state index contributed by atoms with van der Waals surface area (Å²) < 4.78 is 5.45. The van der Waals surface area contributed by atoms with E-state index in [1.165, 1.54) is 26.5 Å². The van der Waals surface area contributed by atoms with Crippen LogP contribution in [0.4, 0.5) is 5.69 Å². The highest BCUT2D eigenvalue weighted by Gasteiger charge is 2.53. The number of para-hydroxylation sites is 2. The number of carboxylic acid groups (broad SMARTS) is 1. The maximum Gasteiger partial charge on any atom is 0.330 e. The highest BCUT2D eigenvalue weighted by molar-refractivity contribution is 8.82. The van der Waals surface area contributed by atoms with Crippen molar-refractivity contribution in [3.05, 3.63) is 72.8 Å². The third-order valence-corrected chi connectivity index (χ3v) is 7.53. The molecule has 10 heteroatoms. The van der Waals surface area contributed by atoms with Crippen LogP contribution in [0.3, 0.4) is 0 Å². The van der Waals surface area contributed by atoms with E-state index in [9.17, 15) is 19.5 Å². The minimum Gasteiger partial charge on any atom is -0.484 e. The number of β-lactam (4-membered cyclic amide) rings is 1. The van der Waals surface area contributed by atoms with Crippen molar-refractivity contribution in [1.29, 1.82) is 0 Å². The number of carbonyl (C=O) groups is 3. The van der Waals surface area contributed by atoms with Gasteiger partial charge in [-0.15, -0.1) is 0 Å². The zero-order valence-electron chi connectivity index (χ0n) is 18.7. The Morgan fingerprint density at radius 1 is 1.15 bits per heavy atom. The molecular formula is C24H25N3O5S2. The maximum absolute atomic E-state index is 12.9. The zero-order valence-corrected chi connectivity index (χ0v) is 20.3. The van der Waals surface area contributed by atoms with Crippen LogP contribution in [0.15, 0.2) is 77.8 Å². The van der Waals surface area contributed by atoms with Crippen molar-refractivity contribution in [2.24, 2.45) is 4.99 Å². The molecule has 1 aliphatic rings. The molecule has 34 heavy (non-hydrogen) atoms. The number of aliphatic imine (C=N–C) groups is 1. The van der Waals surface area contributed by atoms with Crippen LogP contribution in [-0.4, -0.2) is 56.9 Å². The molecule has 0 spiro atoms. The van der Waals surface area contributed by atoms with E-state index in [-0.39, 0.29) is 6.61 Å². The Morgan fingerprint density at radius 2 is 1.76 bits per heavy atom. The summed E-state index contributed by atoms with van der Waals surface area (Å²) in [6.45, 7) is 6.84. The molecule has 1 saturated heterocycles. The van der Waals surface area contributed by atoms with Gasteiger partial charge in [-0.1, -0.05) is 53.8 Å². The van der Waals surface area contributed by atoms with Gasteiger partial charge in [-0.05, 0) is 54.5 Å². The fraction of sp³-hybridized carbons (Fsp3) is 0.250. The van der Waals surface area contributed by atoms with Gasteiger partial charge in [0.15, 0.2) is 12.6 Å². The van der Waals surface area contributed by atoms with Crippen LogP contribution in [0, 0.1) is 0 Å². The summed E-state index contributed by atoms with van der Waals surface area (Å²) in [5, 5.41) is 12.4. The van der Waals surface area contributed by atoms with Crippen LogP contribution in [-0.2, 0) is 14.4 Å². The largest absolute Gasteiger partial charge is 0.484 e. The first-order valence-corrected chi connectivity index (χ1v) is 12.6. The lowest BCUT2D eigenvalue weighted by atomic mass is 9.99. The first-order chi connectivity index (χ1) is 16.3. The standard InChI is InChI=1S/C24H25N3O5S2/c1-15(2)21(24(30)31)27-22(29)20(26-19(28)14-32-18-12-8-5-9-13-18)23(27)34-33-16(3)25-17-10-6-4-7-11-17/h4-13,20-21,23H,1,14H2,2-3H3,(H,26,28)(H,30,31)/b25-16+. The second-order valence-electron chi connectivity index (χ2n) is 7.52. The molecule has 0 saturated carbocycles. The number of rotatable bonds is 10. The van der Waals surface area contributed by atoms with E-state index in [0.717, 1.165) is 10.7 Å². The van der Waals surface area contributed by atoms with Gasteiger partial charge in [-0.2, -0.15) is 0 Å². The van der Waals surface area contributed by atoms with Crippen LogP contribution >= 0.6 is 21.6 Å². The third-order valence-electron chi connectivity index (χ3n) is 4.80. The SMILES string of the molecule is C=C(C)C(C(=O)O)N1C(=O)C(NC(=O)COc2ccccc2)C1SS/C(C)=N/c1ccccc1. The summed E-state index contributed by atoms with van der Waals surface area (Å²) >= 11 is 0. The van der Waals surface area contributed by atoms with Gasteiger partial charge in [0.05, 0.1) is 10.7 Å². The number of amides is 2. The van der Waals surface area contributed by atoms with E-state index < -0.39 is 35.2 Å². The third kappa shape index (κ3) is 6.42. The molecule has 1 aliphatic heterocycles. The van der Waals surface area contributed by atoms with Crippen LogP contribution < -0.4 is 10.1 Å². The minimum atomic E-state index is -1.19. The van der Waals surface area contributed by atoms with Crippen molar-refractivity contribution in [3.63, 3.8) is 0 Å². The van der Waals surface area contributed by atoms with E-state index in [4.69, 9.17) is 4.74 Å². The second kappa shape index (κ2) is 11.8. The van der Waals surface area contributed by atoms with Crippen molar-refractivity contribution in [2.75, 3.05) is 6.61 Å². The lowest BCUT2D eigenvalue weighted by Gasteiger charge is -2.48. The lowest BCUT2D eigenvalue weighted by molar-refractivity contribution is -0.159. The summed E-state index contributed by atoms with van der Waals surface area (Å²) in [6.07, 6.45) is 0. The number of nitrogens with zero attached hydrogens (tertiary/aromatic N) is 2. The van der Waals surface area contributed by atoms with Gasteiger partial charge in [0.25, 0.3) is 5.91 Å². The fourth-order valence-electron chi connectivity index (χ4n) is 3.27. The van der Waals surface area contributed by atoms with Gasteiger partial charge in [0, 0.05) is 0 Å². The number of ether oxygens (including phenoxy) is 1. The van der Waals surface area contributed by atoms with Gasteiger partial charge in [-0.3, -0.25) is 9.59 Å². The van der Waals surface area contributed by atoms with Crippen LogP contribution in [0.25, 0.3) is 0 Å². The monoisotopic (exact) mass is 499 g/mol. The molecule has 2 aromatic rings. The van der Waals surface area contributed by atoms with Gasteiger partial charge in [0.1, 0.15) is 17.2 Å². The topological polar surface area (TPSA) is 108 Å². The molecule has 2 amide bonds. The number of carbonyl (C=O) groups excluding carboxylic acids is 2. The highest BCUT2D eigenvalue weighted by atomic mass is 33.1.